The highest BCUT2D eigenvalue weighted by Crippen LogP contribution is 2.26. The molecule has 0 aliphatic carbocycles. The van der Waals surface area contributed by atoms with Gasteiger partial charge in [0.25, 0.3) is 0 Å². The molecular weight excluding hydrogens is 239 g/mol. The highest BCUT2D eigenvalue weighted by Gasteiger charge is 2.15. The molecule has 1 aromatic rings. The number of hydrogen-bond acceptors (Lipinski definition) is 1. The molecule has 0 saturated carbocycles. The molecule has 0 aliphatic heterocycles. The standard InChI is InChI=1S/C8H12BrClN2/c1-5(2)7-6(4-9)8(10)12(3)11-7/h5H,4H2,1-3H3. The first kappa shape index (κ1) is 10.1. The van der Waals surface area contributed by atoms with Crippen LogP contribution in [0.15, 0.2) is 0 Å². The van der Waals surface area contributed by atoms with E-state index >= 15 is 0 Å². The fourth-order valence-electron chi connectivity index (χ4n) is 1.15. The summed E-state index contributed by atoms with van der Waals surface area (Å²) in [5.41, 5.74) is 2.19. The minimum Gasteiger partial charge on any atom is -0.256 e. The van der Waals surface area contributed by atoms with E-state index in [1.54, 1.807) is 4.68 Å². The van der Waals surface area contributed by atoms with Gasteiger partial charge in [0.15, 0.2) is 0 Å². The molecule has 0 fully saturated rings. The summed E-state index contributed by atoms with van der Waals surface area (Å²) in [5, 5.41) is 5.84. The molecule has 12 heavy (non-hydrogen) atoms. The monoisotopic (exact) mass is 250 g/mol. The molecule has 0 amide bonds. The summed E-state index contributed by atoms with van der Waals surface area (Å²) in [6.45, 7) is 4.23. The Balaban J connectivity index is 3.20. The van der Waals surface area contributed by atoms with E-state index in [0.717, 1.165) is 21.7 Å². The summed E-state index contributed by atoms with van der Waals surface area (Å²) in [7, 11) is 1.86. The average molecular weight is 252 g/mol. The predicted octanol–water partition coefficient (Wildman–Crippen LogP) is 3.09. The van der Waals surface area contributed by atoms with Crippen LogP contribution in [-0.4, -0.2) is 9.78 Å². The summed E-state index contributed by atoms with van der Waals surface area (Å²) in [6, 6.07) is 0. The molecule has 0 spiro atoms. The van der Waals surface area contributed by atoms with E-state index in [1.165, 1.54) is 0 Å². The molecule has 0 bridgehead atoms. The van der Waals surface area contributed by atoms with Crippen LogP contribution in [-0.2, 0) is 12.4 Å². The normalized spacial score (nSPS) is 11.2. The summed E-state index contributed by atoms with van der Waals surface area (Å²) in [4.78, 5) is 0. The van der Waals surface area contributed by atoms with Gasteiger partial charge in [-0.1, -0.05) is 41.4 Å². The first-order valence-electron chi connectivity index (χ1n) is 3.85. The van der Waals surface area contributed by atoms with Gasteiger partial charge >= 0.3 is 0 Å². The number of nitrogens with zero attached hydrogens (tertiary/aromatic N) is 2. The summed E-state index contributed by atoms with van der Waals surface area (Å²) in [6.07, 6.45) is 0. The minimum atomic E-state index is 0.427. The van der Waals surface area contributed by atoms with Gasteiger partial charge in [0, 0.05) is 17.9 Å². The van der Waals surface area contributed by atoms with Crippen LogP contribution in [0.1, 0.15) is 31.0 Å². The number of hydrogen-bond donors (Lipinski definition) is 0. The Kier molecular flexibility index (Phi) is 3.18. The average Bonchev–Trinajstić information content (AvgIpc) is 2.29. The van der Waals surface area contributed by atoms with Crippen molar-refractivity contribution in [1.82, 2.24) is 9.78 Å². The summed E-state index contributed by atoms with van der Waals surface area (Å²) >= 11 is 9.43. The highest BCUT2D eigenvalue weighted by molar-refractivity contribution is 9.08. The van der Waals surface area contributed by atoms with Crippen LogP contribution in [0.4, 0.5) is 0 Å². The van der Waals surface area contributed by atoms with Gasteiger partial charge in [-0.3, -0.25) is 4.68 Å². The van der Waals surface area contributed by atoms with Gasteiger partial charge in [-0.15, -0.1) is 0 Å². The van der Waals surface area contributed by atoms with Crippen LogP contribution in [0.25, 0.3) is 0 Å². The van der Waals surface area contributed by atoms with E-state index < -0.39 is 0 Å². The predicted molar refractivity (Wildman–Crippen MR) is 54.9 cm³/mol. The van der Waals surface area contributed by atoms with Crippen LogP contribution >= 0.6 is 27.5 Å². The number of aromatic nitrogens is 2. The lowest BCUT2D eigenvalue weighted by molar-refractivity contribution is 0.713. The zero-order valence-electron chi connectivity index (χ0n) is 7.43. The van der Waals surface area contributed by atoms with E-state index in [0.29, 0.717) is 5.92 Å². The Bertz CT molecular complexity index is 281. The SMILES string of the molecule is CC(C)c1nn(C)c(Cl)c1CBr. The Morgan fingerprint density at radius 2 is 2.17 bits per heavy atom. The number of alkyl halides is 1. The molecule has 1 heterocycles. The highest BCUT2D eigenvalue weighted by atomic mass is 79.9. The summed E-state index contributed by atoms with van der Waals surface area (Å²) in [5.74, 6) is 0.427. The van der Waals surface area contributed by atoms with Crippen molar-refractivity contribution in [2.45, 2.75) is 25.1 Å². The zero-order chi connectivity index (χ0) is 9.30. The Labute approximate surface area is 86.0 Å². The minimum absolute atomic E-state index is 0.427. The third kappa shape index (κ3) is 1.67. The van der Waals surface area contributed by atoms with Gasteiger partial charge in [-0.25, -0.2) is 0 Å². The third-order valence-electron chi connectivity index (χ3n) is 1.78. The second-order valence-corrected chi connectivity index (χ2v) is 3.99. The second-order valence-electron chi connectivity index (χ2n) is 3.07. The van der Waals surface area contributed by atoms with Crippen LogP contribution in [0.5, 0.6) is 0 Å². The van der Waals surface area contributed by atoms with E-state index in [9.17, 15) is 0 Å². The Morgan fingerprint density at radius 3 is 2.50 bits per heavy atom. The van der Waals surface area contributed by atoms with E-state index in [4.69, 9.17) is 11.6 Å². The largest absolute Gasteiger partial charge is 0.256 e. The van der Waals surface area contributed by atoms with Crippen LogP contribution < -0.4 is 0 Å². The molecule has 0 saturated heterocycles. The second kappa shape index (κ2) is 3.79. The van der Waals surface area contributed by atoms with Gasteiger partial charge in [-0.05, 0) is 5.92 Å². The fourth-order valence-corrected chi connectivity index (χ4v) is 2.07. The molecule has 0 aliphatic rings. The van der Waals surface area contributed by atoms with Crippen molar-refractivity contribution in [3.63, 3.8) is 0 Å². The number of halogens is 2. The number of rotatable bonds is 2. The molecule has 68 valence electrons. The topological polar surface area (TPSA) is 17.8 Å². The molecule has 0 radical (unpaired) electrons. The van der Waals surface area contributed by atoms with Crippen molar-refractivity contribution in [1.29, 1.82) is 0 Å². The fraction of sp³-hybridized carbons (Fsp3) is 0.625. The van der Waals surface area contributed by atoms with Gasteiger partial charge in [0.05, 0.1) is 5.69 Å². The maximum atomic E-state index is 6.03. The van der Waals surface area contributed by atoms with Gasteiger partial charge in [0.2, 0.25) is 0 Å². The molecule has 4 heteroatoms. The third-order valence-corrected chi connectivity index (χ3v) is 2.81. The maximum Gasteiger partial charge on any atom is 0.131 e. The summed E-state index contributed by atoms with van der Waals surface area (Å²) < 4.78 is 1.72. The van der Waals surface area contributed by atoms with Gasteiger partial charge in [-0.2, -0.15) is 5.10 Å². The molecule has 2 nitrogen and oxygen atoms in total. The molecular formula is C8H12BrClN2. The van der Waals surface area contributed by atoms with Crippen molar-refractivity contribution < 1.29 is 0 Å². The lowest BCUT2D eigenvalue weighted by Crippen LogP contribution is -1.94. The first-order valence-corrected chi connectivity index (χ1v) is 5.35. The molecule has 0 N–H and O–H groups in total. The lowest BCUT2D eigenvalue weighted by Gasteiger charge is -2.01. The molecule has 0 aromatic carbocycles. The van der Waals surface area contributed by atoms with E-state index in [2.05, 4.69) is 34.9 Å². The zero-order valence-corrected chi connectivity index (χ0v) is 9.78. The Hall–Kier alpha value is -0.0200. The maximum absolute atomic E-state index is 6.03. The van der Waals surface area contributed by atoms with Crippen molar-refractivity contribution >= 4 is 27.5 Å². The Morgan fingerprint density at radius 1 is 1.58 bits per heavy atom. The van der Waals surface area contributed by atoms with Crippen LogP contribution in [0.2, 0.25) is 5.15 Å². The molecule has 1 aromatic heterocycles. The smallest absolute Gasteiger partial charge is 0.131 e. The van der Waals surface area contributed by atoms with Gasteiger partial charge in [0.1, 0.15) is 5.15 Å². The van der Waals surface area contributed by atoms with Gasteiger partial charge < -0.3 is 0 Å². The number of aryl methyl sites for hydroxylation is 1. The van der Waals surface area contributed by atoms with Crippen LogP contribution in [0.3, 0.4) is 0 Å². The molecule has 1 rings (SSSR count). The molecule has 0 unspecified atom stereocenters. The van der Waals surface area contributed by atoms with E-state index in [-0.39, 0.29) is 0 Å². The lowest BCUT2D eigenvalue weighted by atomic mass is 10.1. The quantitative estimate of drug-likeness (QED) is 0.739. The van der Waals surface area contributed by atoms with Crippen molar-refractivity contribution in [2.75, 3.05) is 0 Å². The van der Waals surface area contributed by atoms with E-state index in [1.807, 2.05) is 7.05 Å². The van der Waals surface area contributed by atoms with Crippen molar-refractivity contribution in [3.8, 4) is 0 Å². The first-order chi connectivity index (χ1) is 5.57. The molecule has 0 atom stereocenters. The van der Waals surface area contributed by atoms with Crippen LogP contribution in [0, 0.1) is 0 Å². The van der Waals surface area contributed by atoms with Crippen molar-refractivity contribution in [3.05, 3.63) is 16.4 Å². The van der Waals surface area contributed by atoms with Crippen molar-refractivity contribution in [2.24, 2.45) is 7.05 Å².